The summed E-state index contributed by atoms with van der Waals surface area (Å²) in [6, 6.07) is 6.42. The molecule has 1 aromatic rings. The molecule has 2 rings (SSSR count). The highest BCUT2D eigenvalue weighted by atomic mass is 19.1. The second-order valence-electron chi connectivity index (χ2n) is 4.49. The molecular weight excluding hydrogens is 221 g/mol. The molecule has 4 heteroatoms. The number of carbonyl (C=O) groups excluding carboxylic acids is 1. The number of rotatable bonds is 4. The van der Waals surface area contributed by atoms with Gasteiger partial charge in [0.25, 0.3) is 0 Å². The highest BCUT2D eigenvalue weighted by Crippen LogP contribution is 2.48. The molecule has 1 amide bonds. The van der Waals surface area contributed by atoms with Gasteiger partial charge in [0, 0.05) is 19.5 Å². The topological polar surface area (TPSA) is 40.5 Å². The van der Waals surface area contributed by atoms with E-state index < -0.39 is 0 Å². The lowest BCUT2D eigenvalue weighted by atomic mass is 10.1. The number of amides is 1. The molecule has 0 aliphatic heterocycles. The van der Waals surface area contributed by atoms with E-state index in [1.165, 1.54) is 17.0 Å². The van der Waals surface area contributed by atoms with Crippen molar-refractivity contribution in [3.8, 4) is 0 Å². The molecule has 17 heavy (non-hydrogen) atoms. The summed E-state index contributed by atoms with van der Waals surface area (Å²) in [5.41, 5.74) is 0.890. The predicted octanol–water partition coefficient (Wildman–Crippen LogP) is 1.38. The third-order valence-electron chi connectivity index (χ3n) is 3.20. The second-order valence-corrected chi connectivity index (χ2v) is 4.49. The first-order valence-corrected chi connectivity index (χ1v) is 5.74. The van der Waals surface area contributed by atoms with E-state index in [4.69, 9.17) is 5.11 Å². The summed E-state index contributed by atoms with van der Waals surface area (Å²) in [4.78, 5) is 13.4. The highest BCUT2D eigenvalue weighted by Gasteiger charge is 2.45. The third kappa shape index (κ3) is 2.64. The molecule has 0 aromatic heterocycles. The van der Waals surface area contributed by atoms with Gasteiger partial charge in [0.1, 0.15) is 5.82 Å². The lowest BCUT2D eigenvalue weighted by Gasteiger charge is -2.15. The van der Waals surface area contributed by atoms with Crippen molar-refractivity contribution in [3.63, 3.8) is 0 Å². The summed E-state index contributed by atoms with van der Waals surface area (Å²) in [6.45, 7) is 0.324. The van der Waals surface area contributed by atoms with Gasteiger partial charge in [0.15, 0.2) is 0 Å². The fraction of sp³-hybridized carbons (Fsp3) is 0.462. The number of halogens is 1. The Bertz CT molecular complexity index is 422. The first kappa shape index (κ1) is 12.0. The minimum Gasteiger partial charge on any atom is -0.395 e. The third-order valence-corrected chi connectivity index (χ3v) is 3.20. The Kier molecular flexibility index (Phi) is 3.43. The van der Waals surface area contributed by atoms with Crippen LogP contribution in [0.3, 0.4) is 0 Å². The molecule has 2 atom stereocenters. The van der Waals surface area contributed by atoms with Crippen LogP contribution in [0.25, 0.3) is 0 Å². The quantitative estimate of drug-likeness (QED) is 0.859. The Morgan fingerprint density at radius 3 is 3.00 bits per heavy atom. The fourth-order valence-corrected chi connectivity index (χ4v) is 2.12. The van der Waals surface area contributed by atoms with E-state index in [-0.39, 0.29) is 30.2 Å². The van der Waals surface area contributed by atoms with Gasteiger partial charge in [-0.25, -0.2) is 4.39 Å². The van der Waals surface area contributed by atoms with Crippen molar-refractivity contribution in [2.45, 2.75) is 12.3 Å². The van der Waals surface area contributed by atoms with Crippen molar-refractivity contribution in [1.82, 2.24) is 4.90 Å². The molecule has 0 bridgehead atoms. The maximum Gasteiger partial charge on any atom is 0.226 e. The fourth-order valence-electron chi connectivity index (χ4n) is 2.12. The monoisotopic (exact) mass is 237 g/mol. The Hall–Kier alpha value is -1.42. The van der Waals surface area contributed by atoms with Gasteiger partial charge in [-0.05, 0) is 30.0 Å². The predicted molar refractivity (Wildman–Crippen MR) is 62.0 cm³/mol. The maximum absolute atomic E-state index is 13.0. The van der Waals surface area contributed by atoms with E-state index in [1.54, 1.807) is 13.1 Å². The summed E-state index contributed by atoms with van der Waals surface area (Å²) in [5, 5.41) is 8.76. The van der Waals surface area contributed by atoms with Gasteiger partial charge in [-0.3, -0.25) is 4.79 Å². The van der Waals surface area contributed by atoms with Crippen molar-refractivity contribution in [1.29, 1.82) is 0 Å². The molecule has 0 radical (unpaired) electrons. The molecule has 2 unspecified atom stereocenters. The normalized spacial score (nSPS) is 22.3. The molecule has 1 saturated carbocycles. The zero-order chi connectivity index (χ0) is 12.4. The first-order valence-electron chi connectivity index (χ1n) is 5.74. The van der Waals surface area contributed by atoms with Crippen LogP contribution in [0.1, 0.15) is 17.9 Å². The molecule has 0 spiro atoms. The van der Waals surface area contributed by atoms with E-state index in [2.05, 4.69) is 0 Å². The van der Waals surface area contributed by atoms with Crippen LogP contribution in [0.5, 0.6) is 0 Å². The lowest BCUT2D eigenvalue weighted by Crippen LogP contribution is -2.31. The van der Waals surface area contributed by atoms with Gasteiger partial charge >= 0.3 is 0 Å². The van der Waals surface area contributed by atoms with Crippen LogP contribution in [-0.2, 0) is 4.79 Å². The molecule has 92 valence electrons. The molecule has 0 saturated heterocycles. The summed E-state index contributed by atoms with van der Waals surface area (Å²) in [7, 11) is 1.68. The minimum absolute atomic E-state index is 0.0282. The standard InChI is InChI=1S/C13H16FNO2/c1-15(5-6-16)13(17)12-8-11(12)9-3-2-4-10(14)7-9/h2-4,7,11-12,16H,5-6,8H2,1H3. The van der Waals surface area contributed by atoms with E-state index in [0.29, 0.717) is 6.54 Å². The van der Waals surface area contributed by atoms with Gasteiger partial charge in [-0.15, -0.1) is 0 Å². The second kappa shape index (κ2) is 4.84. The summed E-state index contributed by atoms with van der Waals surface area (Å²) >= 11 is 0. The Labute approximate surface area is 99.9 Å². The Morgan fingerprint density at radius 2 is 2.35 bits per heavy atom. The number of benzene rings is 1. The van der Waals surface area contributed by atoms with Crippen molar-refractivity contribution < 1.29 is 14.3 Å². The van der Waals surface area contributed by atoms with E-state index in [9.17, 15) is 9.18 Å². The van der Waals surface area contributed by atoms with Crippen LogP contribution in [-0.4, -0.2) is 36.1 Å². The number of hydrogen-bond donors (Lipinski definition) is 1. The molecule has 1 aliphatic carbocycles. The number of aliphatic hydroxyl groups is 1. The molecule has 1 N–H and O–H groups in total. The first-order chi connectivity index (χ1) is 8.13. The largest absolute Gasteiger partial charge is 0.395 e. The summed E-state index contributed by atoms with van der Waals surface area (Å²) < 4.78 is 13.0. The van der Waals surface area contributed by atoms with E-state index >= 15 is 0 Å². The number of likely N-dealkylation sites (N-methyl/N-ethyl adjacent to an activating group) is 1. The highest BCUT2D eigenvalue weighted by molar-refractivity contribution is 5.82. The van der Waals surface area contributed by atoms with E-state index in [0.717, 1.165) is 12.0 Å². The SMILES string of the molecule is CN(CCO)C(=O)C1CC1c1cccc(F)c1. The van der Waals surface area contributed by atoms with Gasteiger partial charge < -0.3 is 10.0 Å². The number of aliphatic hydroxyl groups excluding tert-OH is 1. The molecular formula is C13H16FNO2. The van der Waals surface area contributed by atoms with Crippen LogP contribution >= 0.6 is 0 Å². The van der Waals surface area contributed by atoms with Crippen molar-refractivity contribution in [2.75, 3.05) is 20.2 Å². The van der Waals surface area contributed by atoms with Gasteiger partial charge in [-0.1, -0.05) is 12.1 Å². The molecule has 0 heterocycles. The number of nitrogens with zero attached hydrogens (tertiary/aromatic N) is 1. The van der Waals surface area contributed by atoms with E-state index in [1.807, 2.05) is 6.07 Å². The summed E-state index contributed by atoms with van der Waals surface area (Å²) in [5.74, 6) is -0.134. The van der Waals surface area contributed by atoms with Gasteiger partial charge in [-0.2, -0.15) is 0 Å². The number of carbonyl (C=O) groups is 1. The van der Waals surface area contributed by atoms with Crippen molar-refractivity contribution in [3.05, 3.63) is 35.6 Å². The minimum atomic E-state index is -0.260. The summed E-state index contributed by atoms with van der Waals surface area (Å²) in [6.07, 6.45) is 0.776. The van der Waals surface area contributed by atoms with Crippen LogP contribution in [0.4, 0.5) is 4.39 Å². The van der Waals surface area contributed by atoms with Crippen LogP contribution in [0, 0.1) is 11.7 Å². The lowest BCUT2D eigenvalue weighted by molar-refractivity contribution is -0.131. The average Bonchev–Trinajstić information content (AvgIpc) is 3.08. The molecule has 1 aromatic carbocycles. The van der Waals surface area contributed by atoms with Crippen LogP contribution in [0.2, 0.25) is 0 Å². The average molecular weight is 237 g/mol. The zero-order valence-corrected chi connectivity index (χ0v) is 9.77. The van der Waals surface area contributed by atoms with Crippen LogP contribution in [0.15, 0.2) is 24.3 Å². The van der Waals surface area contributed by atoms with Crippen molar-refractivity contribution >= 4 is 5.91 Å². The zero-order valence-electron chi connectivity index (χ0n) is 9.77. The Morgan fingerprint density at radius 1 is 1.59 bits per heavy atom. The van der Waals surface area contributed by atoms with Gasteiger partial charge in [0.2, 0.25) is 5.91 Å². The molecule has 1 aliphatic rings. The smallest absolute Gasteiger partial charge is 0.226 e. The van der Waals surface area contributed by atoms with Crippen LogP contribution < -0.4 is 0 Å². The maximum atomic E-state index is 13.0. The molecule has 3 nitrogen and oxygen atoms in total. The van der Waals surface area contributed by atoms with Crippen molar-refractivity contribution in [2.24, 2.45) is 5.92 Å². The number of hydrogen-bond acceptors (Lipinski definition) is 2. The Balaban J connectivity index is 1.98. The van der Waals surface area contributed by atoms with Gasteiger partial charge in [0.05, 0.1) is 6.61 Å². The molecule has 1 fully saturated rings.